The Hall–Kier alpha value is -3.45. The maximum atomic E-state index is 12.9. The van der Waals surface area contributed by atoms with Gasteiger partial charge in [-0.15, -0.1) is 11.8 Å². The van der Waals surface area contributed by atoms with E-state index in [1.165, 1.54) is 9.58 Å². The minimum Gasteiger partial charge on any atom is -0.354 e. The summed E-state index contributed by atoms with van der Waals surface area (Å²) in [5.41, 5.74) is 2.69. The number of carbonyl (C=O) groups is 1. The molecule has 0 aliphatic carbocycles. The van der Waals surface area contributed by atoms with Crippen molar-refractivity contribution in [2.75, 3.05) is 12.8 Å². The van der Waals surface area contributed by atoms with E-state index in [0.29, 0.717) is 18.4 Å². The summed E-state index contributed by atoms with van der Waals surface area (Å²) in [6, 6.07) is 19.5. The SMILES string of the molecule is CSc1ccc(CCNC(=O)Cn2nc(Cc3ccncc3)c3ccccc3c2=O)cc1. The minimum absolute atomic E-state index is 0.113. The van der Waals surface area contributed by atoms with Crippen molar-refractivity contribution in [1.82, 2.24) is 20.1 Å². The average molecular weight is 445 g/mol. The van der Waals surface area contributed by atoms with Crippen molar-refractivity contribution in [2.24, 2.45) is 0 Å². The molecule has 4 rings (SSSR count). The number of pyridine rings is 1. The van der Waals surface area contributed by atoms with Gasteiger partial charge in [0.1, 0.15) is 6.54 Å². The fourth-order valence-corrected chi connectivity index (χ4v) is 3.98. The average Bonchev–Trinajstić information content (AvgIpc) is 2.83. The van der Waals surface area contributed by atoms with Gasteiger partial charge in [0.15, 0.2) is 0 Å². The number of nitrogens with zero attached hydrogens (tertiary/aromatic N) is 3. The van der Waals surface area contributed by atoms with Crippen molar-refractivity contribution >= 4 is 28.4 Å². The zero-order valence-corrected chi connectivity index (χ0v) is 18.6. The molecular formula is C25H24N4O2S. The Morgan fingerprint density at radius 2 is 1.69 bits per heavy atom. The summed E-state index contributed by atoms with van der Waals surface area (Å²) < 4.78 is 1.27. The van der Waals surface area contributed by atoms with Gasteiger partial charge in [-0.2, -0.15) is 5.10 Å². The number of hydrogen-bond acceptors (Lipinski definition) is 5. The van der Waals surface area contributed by atoms with E-state index in [1.807, 2.05) is 36.6 Å². The Labute approximate surface area is 190 Å². The highest BCUT2D eigenvalue weighted by Crippen LogP contribution is 2.17. The molecule has 162 valence electrons. The predicted molar refractivity (Wildman–Crippen MR) is 128 cm³/mol. The number of amides is 1. The molecule has 0 saturated heterocycles. The topological polar surface area (TPSA) is 76.9 Å². The van der Waals surface area contributed by atoms with E-state index >= 15 is 0 Å². The van der Waals surface area contributed by atoms with Crippen LogP contribution in [-0.2, 0) is 24.2 Å². The van der Waals surface area contributed by atoms with E-state index in [0.717, 1.165) is 28.6 Å². The lowest BCUT2D eigenvalue weighted by molar-refractivity contribution is -0.121. The molecule has 0 atom stereocenters. The molecular weight excluding hydrogens is 420 g/mol. The Morgan fingerprint density at radius 1 is 0.969 bits per heavy atom. The Bertz CT molecular complexity index is 1270. The normalized spacial score (nSPS) is 10.9. The van der Waals surface area contributed by atoms with Gasteiger partial charge in [0.05, 0.1) is 11.1 Å². The van der Waals surface area contributed by atoms with Gasteiger partial charge in [-0.05, 0) is 54.1 Å². The van der Waals surface area contributed by atoms with Gasteiger partial charge in [-0.3, -0.25) is 14.6 Å². The van der Waals surface area contributed by atoms with E-state index in [4.69, 9.17) is 0 Å². The molecule has 4 aromatic rings. The smallest absolute Gasteiger partial charge is 0.275 e. The van der Waals surface area contributed by atoms with Crippen LogP contribution in [0.3, 0.4) is 0 Å². The predicted octanol–water partition coefficient (Wildman–Crippen LogP) is 3.46. The summed E-state index contributed by atoms with van der Waals surface area (Å²) in [5.74, 6) is -0.231. The number of nitrogens with one attached hydrogen (secondary N) is 1. The molecule has 1 N–H and O–H groups in total. The summed E-state index contributed by atoms with van der Waals surface area (Å²) in [5, 5.41) is 8.81. The molecule has 0 aliphatic rings. The molecule has 2 heterocycles. The van der Waals surface area contributed by atoms with Crippen LogP contribution < -0.4 is 10.9 Å². The van der Waals surface area contributed by atoms with Crippen LogP contribution in [0, 0.1) is 0 Å². The van der Waals surface area contributed by atoms with Gasteiger partial charge in [0.2, 0.25) is 5.91 Å². The van der Waals surface area contributed by atoms with Crippen molar-refractivity contribution in [3.8, 4) is 0 Å². The highest BCUT2D eigenvalue weighted by atomic mass is 32.2. The van der Waals surface area contributed by atoms with Crippen molar-refractivity contribution in [3.05, 3.63) is 100 Å². The van der Waals surface area contributed by atoms with E-state index in [2.05, 4.69) is 39.7 Å². The first-order valence-electron chi connectivity index (χ1n) is 10.4. The summed E-state index contributed by atoms with van der Waals surface area (Å²) in [6.45, 7) is 0.391. The molecule has 2 aromatic carbocycles. The number of aromatic nitrogens is 3. The molecule has 6 nitrogen and oxygen atoms in total. The van der Waals surface area contributed by atoms with Gasteiger partial charge in [0.25, 0.3) is 5.56 Å². The first kappa shape index (κ1) is 21.8. The van der Waals surface area contributed by atoms with Crippen LogP contribution in [0.25, 0.3) is 10.8 Å². The van der Waals surface area contributed by atoms with E-state index in [1.54, 1.807) is 30.2 Å². The molecule has 0 unspecified atom stereocenters. The summed E-state index contributed by atoms with van der Waals surface area (Å²) in [6.07, 6.45) is 6.79. The van der Waals surface area contributed by atoms with Crippen LogP contribution in [0.2, 0.25) is 0 Å². The van der Waals surface area contributed by atoms with Crippen LogP contribution in [0.5, 0.6) is 0 Å². The first-order valence-corrected chi connectivity index (χ1v) is 11.6. The lowest BCUT2D eigenvalue weighted by Crippen LogP contribution is -2.35. The fraction of sp³-hybridized carbons (Fsp3) is 0.200. The standard InChI is InChI=1S/C25H24N4O2S/c1-32-20-8-6-18(7-9-20)12-15-27-24(30)17-29-25(31)22-5-3-2-4-21(22)23(28-29)16-19-10-13-26-14-11-19/h2-11,13-14H,12,15-17H2,1H3,(H,27,30). The second-order valence-corrected chi connectivity index (χ2v) is 8.31. The highest BCUT2D eigenvalue weighted by molar-refractivity contribution is 7.98. The van der Waals surface area contributed by atoms with Crippen molar-refractivity contribution in [2.45, 2.75) is 24.3 Å². The number of carbonyl (C=O) groups excluding carboxylic acids is 1. The Morgan fingerprint density at radius 3 is 2.41 bits per heavy atom. The molecule has 0 spiro atoms. The number of benzene rings is 2. The van der Waals surface area contributed by atoms with E-state index in [9.17, 15) is 9.59 Å². The van der Waals surface area contributed by atoms with Gasteiger partial charge in [0, 0.05) is 35.6 Å². The lowest BCUT2D eigenvalue weighted by Gasteiger charge is -2.11. The third-order valence-electron chi connectivity index (χ3n) is 5.25. The van der Waals surface area contributed by atoms with Crippen LogP contribution >= 0.6 is 11.8 Å². The third kappa shape index (κ3) is 5.23. The van der Waals surface area contributed by atoms with Crippen LogP contribution in [0.15, 0.2) is 82.7 Å². The monoisotopic (exact) mass is 444 g/mol. The minimum atomic E-state index is -0.262. The van der Waals surface area contributed by atoms with E-state index in [-0.39, 0.29) is 18.0 Å². The Kier molecular flexibility index (Phi) is 6.97. The van der Waals surface area contributed by atoms with Crippen LogP contribution in [0.1, 0.15) is 16.8 Å². The second-order valence-electron chi connectivity index (χ2n) is 7.44. The Balaban J connectivity index is 1.48. The third-order valence-corrected chi connectivity index (χ3v) is 6.00. The van der Waals surface area contributed by atoms with Crippen molar-refractivity contribution < 1.29 is 4.79 Å². The summed E-state index contributed by atoms with van der Waals surface area (Å²) >= 11 is 1.70. The molecule has 1 amide bonds. The van der Waals surface area contributed by atoms with Gasteiger partial charge in [-0.25, -0.2) is 4.68 Å². The van der Waals surface area contributed by atoms with Crippen LogP contribution in [-0.4, -0.2) is 33.5 Å². The molecule has 7 heteroatoms. The van der Waals surface area contributed by atoms with E-state index < -0.39 is 0 Å². The highest BCUT2D eigenvalue weighted by Gasteiger charge is 2.13. The lowest BCUT2D eigenvalue weighted by atomic mass is 10.1. The number of rotatable bonds is 8. The van der Waals surface area contributed by atoms with Gasteiger partial charge in [-0.1, -0.05) is 30.3 Å². The molecule has 0 aliphatic heterocycles. The molecule has 0 bridgehead atoms. The zero-order valence-electron chi connectivity index (χ0n) is 17.8. The molecule has 0 saturated carbocycles. The van der Waals surface area contributed by atoms with Crippen LogP contribution in [0.4, 0.5) is 0 Å². The maximum absolute atomic E-state index is 12.9. The summed E-state index contributed by atoms with van der Waals surface area (Å²) in [4.78, 5) is 30.7. The molecule has 2 aromatic heterocycles. The number of fused-ring (bicyclic) bond motifs is 1. The van der Waals surface area contributed by atoms with Gasteiger partial charge < -0.3 is 5.32 Å². The van der Waals surface area contributed by atoms with Gasteiger partial charge >= 0.3 is 0 Å². The van der Waals surface area contributed by atoms with Crippen molar-refractivity contribution in [3.63, 3.8) is 0 Å². The van der Waals surface area contributed by atoms with Crippen molar-refractivity contribution in [1.29, 1.82) is 0 Å². The maximum Gasteiger partial charge on any atom is 0.275 e. The first-order chi connectivity index (χ1) is 15.6. The number of hydrogen-bond donors (Lipinski definition) is 1. The molecule has 0 fully saturated rings. The summed E-state index contributed by atoms with van der Waals surface area (Å²) in [7, 11) is 0. The largest absolute Gasteiger partial charge is 0.354 e. The second kappa shape index (κ2) is 10.2. The zero-order chi connectivity index (χ0) is 22.3. The fourth-order valence-electron chi connectivity index (χ4n) is 3.57. The molecule has 0 radical (unpaired) electrons. The quantitative estimate of drug-likeness (QED) is 0.421. The molecule has 32 heavy (non-hydrogen) atoms. The number of thioether (sulfide) groups is 1.